The topological polar surface area (TPSA) is 56.5 Å². The minimum Gasteiger partial charge on any atom is -0.461 e. The van der Waals surface area contributed by atoms with Crippen LogP contribution in [0.1, 0.15) is 23.0 Å². The maximum absolute atomic E-state index is 11.5. The van der Waals surface area contributed by atoms with Gasteiger partial charge < -0.3 is 4.74 Å². The number of hydrogen-bond donors (Lipinski definition) is 0. The normalized spacial score (nSPS) is 10.5. The zero-order valence-corrected chi connectivity index (χ0v) is 8.60. The minimum atomic E-state index is -0.390. The van der Waals surface area contributed by atoms with Gasteiger partial charge in [0.15, 0.2) is 5.69 Å². The van der Waals surface area contributed by atoms with E-state index < -0.39 is 5.97 Å². The first-order valence-corrected chi connectivity index (χ1v) is 4.70. The second-order valence-corrected chi connectivity index (χ2v) is 3.10. The molecule has 0 aliphatic carbocycles. The molecule has 0 aliphatic rings. The molecule has 0 bridgehead atoms. The molecule has 15 heavy (non-hydrogen) atoms. The van der Waals surface area contributed by atoms with Gasteiger partial charge in [0.25, 0.3) is 0 Å². The zero-order valence-electron chi connectivity index (χ0n) is 8.60. The molecule has 0 saturated carbocycles. The molecular weight excluding hydrogens is 194 g/mol. The molecule has 0 fully saturated rings. The van der Waals surface area contributed by atoms with Crippen molar-refractivity contribution in [1.82, 2.24) is 14.6 Å². The molecule has 0 saturated heterocycles. The fourth-order valence-corrected chi connectivity index (χ4v) is 1.41. The Morgan fingerprint density at radius 2 is 2.40 bits per heavy atom. The van der Waals surface area contributed by atoms with Crippen LogP contribution in [0.25, 0.3) is 5.52 Å². The lowest BCUT2D eigenvalue weighted by Crippen LogP contribution is -2.06. The third-order valence-electron chi connectivity index (χ3n) is 2.15. The van der Waals surface area contributed by atoms with E-state index in [2.05, 4.69) is 10.1 Å². The van der Waals surface area contributed by atoms with Crippen molar-refractivity contribution in [2.45, 2.75) is 13.8 Å². The van der Waals surface area contributed by atoms with Crippen molar-refractivity contribution in [2.24, 2.45) is 0 Å². The third kappa shape index (κ3) is 1.56. The number of ether oxygens (including phenoxy) is 1. The first-order chi connectivity index (χ1) is 7.24. The molecule has 5 heteroatoms. The third-order valence-corrected chi connectivity index (χ3v) is 2.15. The summed E-state index contributed by atoms with van der Waals surface area (Å²) < 4.78 is 6.52. The van der Waals surface area contributed by atoms with E-state index in [1.54, 1.807) is 30.0 Å². The number of esters is 1. The highest BCUT2D eigenvalue weighted by Crippen LogP contribution is 2.13. The highest BCUT2D eigenvalue weighted by molar-refractivity contribution is 5.91. The molecule has 0 aromatic carbocycles. The molecule has 5 nitrogen and oxygen atoms in total. The molecular formula is C10H11N3O2. The molecule has 0 atom stereocenters. The van der Waals surface area contributed by atoms with Crippen LogP contribution in [0.4, 0.5) is 0 Å². The summed E-state index contributed by atoms with van der Waals surface area (Å²) >= 11 is 0. The second kappa shape index (κ2) is 3.68. The first kappa shape index (κ1) is 9.64. The molecule has 0 amide bonds. The summed E-state index contributed by atoms with van der Waals surface area (Å²) in [5.41, 5.74) is 1.96. The van der Waals surface area contributed by atoms with E-state index in [4.69, 9.17) is 4.74 Å². The average molecular weight is 205 g/mol. The molecule has 2 aromatic rings. The van der Waals surface area contributed by atoms with E-state index in [0.29, 0.717) is 12.3 Å². The monoisotopic (exact) mass is 205 g/mol. The molecule has 0 unspecified atom stereocenters. The Morgan fingerprint density at radius 1 is 1.60 bits per heavy atom. The van der Waals surface area contributed by atoms with Crippen LogP contribution in [-0.4, -0.2) is 27.2 Å². The predicted octanol–water partition coefficient (Wildman–Crippen LogP) is 1.21. The van der Waals surface area contributed by atoms with E-state index in [9.17, 15) is 4.79 Å². The van der Waals surface area contributed by atoms with E-state index >= 15 is 0 Å². The van der Waals surface area contributed by atoms with Crippen molar-refractivity contribution in [1.29, 1.82) is 0 Å². The summed E-state index contributed by atoms with van der Waals surface area (Å²) in [7, 11) is 0. The molecule has 2 heterocycles. The molecule has 0 radical (unpaired) electrons. The van der Waals surface area contributed by atoms with E-state index in [-0.39, 0.29) is 0 Å². The fraction of sp³-hybridized carbons (Fsp3) is 0.300. The molecule has 0 aliphatic heterocycles. The van der Waals surface area contributed by atoms with Gasteiger partial charge in [0, 0.05) is 18.0 Å². The second-order valence-electron chi connectivity index (χ2n) is 3.10. The van der Waals surface area contributed by atoms with E-state index in [0.717, 1.165) is 11.1 Å². The lowest BCUT2D eigenvalue weighted by atomic mass is 10.2. The number of fused-ring (bicyclic) bond motifs is 1. The van der Waals surface area contributed by atoms with Gasteiger partial charge in [0.1, 0.15) is 0 Å². The van der Waals surface area contributed by atoms with Gasteiger partial charge in [0.2, 0.25) is 0 Å². The number of nitrogens with zero attached hydrogens (tertiary/aromatic N) is 3. The summed E-state index contributed by atoms with van der Waals surface area (Å²) in [6, 6.07) is 0. The molecule has 2 aromatic heterocycles. The maximum Gasteiger partial charge on any atom is 0.359 e. The number of rotatable bonds is 2. The Kier molecular flexibility index (Phi) is 2.37. The van der Waals surface area contributed by atoms with Crippen molar-refractivity contribution < 1.29 is 9.53 Å². The number of carbonyl (C=O) groups is 1. The van der Waals surface area contributed by atoms with Crippen molar-refractivity contribution in [3.8, 4) is 0 Å². The highest BCUT2D eigenvalue weighted by atomic mass is 16.5. The quantitative estimate of drug-likeness (QED) is 0.691. The van der Waals surface area contributed by atoms with Crippen LogP contribution in [0.5, 0.6) is 0 Å². The van der Waals surface area contributed by atoms with E-state index in [1.165, 1.54) is 0 Å². The first-order valence-electron chi connectivity index (χ1n) is 4.70. The summed E-state index contributed by atoms with van der Waals surface area (Å²) in [6.45, 7) is 3.95. The van der Waals surface area contributed by atoms with Gasteiger partial charge in [0.05, 0.1) is 18.3 Å². The average Bonchev–Trinajstić information content (AvgIpc) is 2.57. The van der Waals surface area contributed by atoms with Crippen LogP contribution < -0.4 is 0 Å². The fourth-order valence-electron chi connectivity index (χ4n) is 1.41. The van der Waals surface area contributed by atoms with Crippen LogP contribution in [0.15, 0.2) is 18.6 Å². The van der Waals surface area contributed by atoms with Gasteiger partial charge in [-0.2, -0.15) is 5.10 Å². The Balaban J connectivity index is 2.53. The molecule has 78 valence electrons. The van der Waals surface area contributed by atoms with Crippen molar-refractivity contribution in [3.05, 3.63) is 29.8 Å². The van der Waals surface area contributed by atoms with Crippen LogP contribution >= 0.6 is 0 Å². The van der Waals surface area contributed by atoms with Crippen LogP contribution in [0.2, 0.25) is 0 Å². The van der Waals surface area contributed by atoms with Crippen molar-refractivity contribution in [3.63, 3.8) is 0 Å². The van der Waals surface area contributed by atoms with Gasteiger partial charge in [-0.1, -0.05) is 0 Å². The number of hydrogen-bond acceptors (Lipinski definition) is 4. The summed E-state index contributed by atoms with van der Waals surface area (Å²) in [5, 5.41) is 4.13. The Bertz CT molecular complexity index is 504. The van der Waals surface area contributed by atoms with Crippen LogP contribution in [-0.2, 0) is 4.74 Å². The Hall–Kier alpha value is -1.91. The summed E-state index contributed by atoms with van der Waals surface area (Å²) in [5.74, 6) is -0.390. The minimum absolute atomic E-state index is 0.352. The van der Waals surface area contributed by atoms with Crippen molar-refractivity contribution in [2.75, 3.05) is 6.61 Å². The SMILES string of the molecule is CCOC(=O)c1nn2ccncc2c1C. The van der Waals surface area contributed by atoms with E-state index in [1.807, 2.05) is 6.92 Å². The number of aryl methyl sites for hydroxylation is 1. The number of aromatic nitrogens is 3. The summed E-state index contributed by atoms with van der Waals surface area (Å²) in [6.07, 6.45) is 4.99. The highest BCUT2D eigenvalue weighted by Gasteiger charge is 2.16. The zero-order chi connectivity index (χ0) is 10.8. The van der Waals surface area contributed by atoms with Crippen LogP contribution in [0, 0.1) is 6.92 Å². The van der Waals surface area contributed by atoms with Crippen molar-refractivity contribution >= 4 is 11.5 Å². The molecule has 0 N–H and O–H groups in total. The molecule has 2 rings (SSSR count). The maximum atomic E-state index is 11.5. The standard InChI is InChI=1S/C10H11N3O2/c1-3-15-10(14)9-7(2)8-6-11-4-5-13(8)12-9/h4-6H,3H2,1-2H3. The van der Waals surface area contributed by atoms with Gasteiger partial charge in [-0.25, -0.2) is 9.31 Å². The Morgan fingerprint density at radius 3 is 3.07 bits per heavy atom. The van der Waals surface area contributed by atoms with Crippen LogP contribution in [0.3, 0.4) is 0 Å². The predicted molar refractivity (Wildman–Crippen MR) is 53.7 cm³/mol. The van der Waals surface area contributed by atoms with Gasteiger partial charge in [-0.05, 0) is 13.8 Å². The smallest absolute Gasteiger partial charge is 0.359 e. The lowest BCUT2D eigenvalue weighted by molar-refractivity contribution is 0.0518. The Labute approximate surface area is 86.7 Å². The lowest BCUT2D eigenvalue weighted by Gasteiger charge is -1.97. The van der Waals surface area contributed by atoms with Gasteiger partial charge >= 0.3 is 5.97 Å². The summed E-state index contributed by atoms with van der Waals surface area (Å²) in [4.78, 5) is 15.5. The molecule has 0 spiro atoms. The van der Waals surface area contributed by atoms with Gasteiger partial charge in [-0.15, -0.1) is 0 Å². The number of carbonyl (C=O) groups excluding carboxylic acids is 1. The van der Waals surface area contributed by atoms with Gasteiger partial charge in [-0.3, -0.25) is 4.98 Å². The largest absolute Gasteiger partial charge is 0.461 e.